The summed E-state index contributed by atoms with van der Waals surface area (Å²) in [5, 5.41) is 0. The lowest BCUT2D eigenvalue weighted by molar-refractivity contribution is 0.170. The Balaban J connectivity index is 2.37. The topological polar surface area (TPSA) is 32.5 Å². The number of piperazine rings is 1. The number of hydrogen-bond donors (Lipinski definition) is 1. The summed E-state index contributed by atoms with van der Waals surface area (Å²) in [4.78, 5) is 4.62. The fraction of sp³-hybridized carbons (Fsp3) is 0.500. The van der Waals surface area contributed by atoms with E-state index < -0.39 is 0 Å². The summed E-state index contributed by atoms with van der Waals surface area (Å²) < 4.78 is 13.9. The minimum atomic E-state index is -0.343. The summed E-state index contributed by atoms with van der Waals surface area (Å²) >= 11 is 4.99. The largest absolute Gasteiger partial charge is 0.389 e. The standard InChI is InChI=1S/C14H20FN3S/c1-9-7-18(8-10(2)17(9)3)12-6-4-5-11(15)13(12)14(16)19/h4-6,9-10H,7-8H2,1-3H3,(H2,16,19). The minimum absolute atomic E-state index is 0.118. The molecule has 1 aliphatic heterocycles. The molecule has 0 amide bonds. The summed E-state index contributed by atoms with van der Waals surface area (Å²) in [6.07, 6.45) is 0. The summed E-state index contributed by atoms with van der Waals surface area (Å²) in [5.74, 6) is -0.343. The second kappa shape index (κ2) is 5.43. The van der Waals surface area contributed by atoms with Gasteiger partial charge in [0.05, 0.1) is 11.3 Å². The maximum atomic E-state index is 13.9. The van der Waals surface area contributed by atoms with Crippen molar-refractivity contribution < 1.29 is 4.39 Å². The molecule has 0 aromatic heterocycles. The molecule has 0 aliphatic carbocycles. The highest BCUT2D eigenvalue weighted by Crippen LogP contribution is 2.27. The zero-order valence-corrected chi connectivity index (χ0v) is 12.4. The molecule has 1 saturated heterocycles. The Hall–Kier alpha value is -1.20. The zero-order valence-electron chi connectivity index (χ0n) is 11.6. The van der Waals surface area contributed by atoms with Crippen molar-refractivity contribution in [2.45, 2.75) is 25.9 Å². The molecule has 0 bridgehead atoms. The number of benzene rings is 1. The highest BCUT2D eigenvalue weighted by atomic mass is 32.1. The highest BCUT2D eigenvalue weighted by Gasteiger charge is 2.28. The molecule has 2 atom stereocenters. The molecule has 1 heterocycles. The van der Waals surface area contributed by atoms with E-state index in [-0.39, 0.29) is 10.8 Å². The second-order valence-corrected chi connectivity index (χ2v) is 5.71. The van der Waals surface area contributed by atoms with E-state index in [2.05, 4.69) is 30.7 Å². The molecule has 2 rings (SSSR count). The molecular formula is C14H20FN3S. The number of nitrogens with zero attached hydrogens (tertiary/aromatic N) is 2. The van der Waals surface area contributed by atoms with E-state index in [1.54, 1.807) is 6.07 Å². The number of rotatable bonds is 2. The maximum Gasteiger partial charge on any atom is 0.135 e. The van der Waals surface area contributed by atoms with Crippen LogP contribution >= 0.6 is 12.2 Å². The van der Waals surface area contributed by atoms with Gasteiger partial charge in [0, 0.05) is 25.2 Å². The predicted molar refractivity (Wildman–Crippen MR) is 81.2 cm³/mol. The third kappa shape index (κ3) is 2.72. The Morgan fingerprint density at radius 2 is 1.89 bits per heavy atom. The monoisotopic (exact) mass is 281 g/mol. The first-order chi connectivity index (χ1) is 8.91. The van der Waals surface area contributed by atoms with Crippen molar-refractivity contribution in [3.05, 3.63) is 29.6 Å². The first-order valence-corrected chi connectivity index (χ1v) is 6.87. The first-order valence-electron chi connectivity index (χ1n) is 6.47. The molecule has 1 aromatic rings. The molecule has 1 aromatic carbocycles. The lowest BCUT2D eigenvalue weighted by Gasteiger charge is -2.44. The number of anilines is 1. The molecule has 1 fully saturated rings. The summed E-state index contributed by atoms with van der Waals surface area (Å²) in [7, 11) is 2.12. The molecule has 0 spiro atoms. The van der Waals surface area contributed by atoms with Crippen molar-refractivity contribution in [2.75, 3.05) is 25.0 Å². The van der Waals surface area contributed by atoms with E-state index in [9.17, 15) is 4.39 Å². The van der Waals surface area contributed by atoms with Gasteiger partial charge >= 0.3 is 0 Å². The van der Waals surface area contributed by atoms with Gasteiger partial charge in [0.1, 0.15) is 10.8 Å². The quantitative estimate of drug-likeness (QED) is 0.840. The molecule has 0 radical (unpaired) electrons. The average Bonchev–Trinajstić information content (AvgIpc) is 2.34. The van der Waals surface area contributed by atoms with Crippen LogP contribution in [-0.4, -0.2) is 42.1 Å². The molecule has 3 nitrogen and oxygen atoms in total. The van der Waals surface area contributed by atoms with E-state index in [4.69, 9.17) is 18.0 Å². The number of halogens is 1. The van der Waals surface area contributed by atoms with Crippen molar-refractivity contribution in [1.82, 2.24) is 4.90 Å². The molecule has 0 saturated carbocycles. The Morgan fingerprint density at radius 3 is 2.42 bits per heavy atom. The predicted octanol–water partition coefficient (Wildman–Crippen LogP) is 1.99. The van der Waals surface area contributed by atoms with Crippen LogP contribution < -0.4 is 10.6 Å². The Morgan fingerprint density at radius 1 is 1.32 bits per heavy atom. The van der Waals surface area contributed by atoms with Gasteiger partial charge in [0.2, 0.25) is 0 Å². The van der Waals surface area contributed by atoms with E-state index in [1.807, 2.05) is 6.07 Å². The summed E-state index contributed by atoms with van der Waals surface area (Å²) in [6, 6.07) is 5.82. The molecule has 5 heteroatoms. The molecular weight excluding hydrogens is 261 g/mol. The van der Waals surface area contributed by atoms with Gasteiger partial charge in [0.15, 0.2) is 0 Å². The van der Waals surface area contributed by atoms with Crippen LogP contribution in [0.5, 0.6) is 0 Å². The fourth-order valence-corrected chi connectivity index (χ4v) is 2.82. The van der Waals surface area contributed by atoms with Crippen LogP contribution in [0.25, 0.3) is 0 Å². The van der Waals surface area contributed by atoms with Crippen LogP contribution in [0, 0.1) is 5.82 Å². The van der Waals surface area contributed by atoms with Crippen molar-refractivity contribution in [3.8, 4) is 0 Å². The van der Waals surface area contributed by atoms with Gasteiger partial charge in [-0.05, 0) is 33.0 Å². The molecule has 104 valence electrons. The van der Waals surface area contributed by atoms with E-state index in [1.165, 1.54) is 6.07 Å². The van der Waals surface area contributed by atoms with Crippen LogP contribution in [-0.2, 0) is 0 Å². The third-order valence-corrected chi connectivity index (χ3v) is 4.14. The van der Waals surface area contributed by atoms with E-state index in [0.717, 1.165) is 18.8 Å². The van der Waals surface area contributed by atoms with E-state index in [0.29, 0.717) is 17.6 Å². The number of thiocarbonyl (C=S) groups is 1. The van der Waals surface area contributed by atoms with Gasteiger partial charge in [-0.1, -0.05) is 18.3 Å². The molecule has 19 heavy (non-hydrogen) atoms. The smallest absolute Gasteiger partial charge is 0.135 e. The lowest BCUT2D eigenvalue weighted by Crippen LogP contribution is -2.55. The Bertz CT molecular complexity index is 480. The van der Waals surface area contributed by atoms with Crippen LogP contribution in [0.15, 0.2) is 18.2 Å². The van der Waals surface area contributed by atoms with Crippen LogP contribution in [0.3, 0.4) is 0 Å². The van der Waals surface area contributed by atoms with Crippen molar-refractivity contribution in [3.63, 3.8) is 0 Å². The van der Waals surface area contributed by atoms with Crippen molar-refractivity contribution in [1.29, 1.82) is 0 Å². The highest BCUT2D eigenvalue weighted by molar-refractivity contribution is 7.80. The summed E-state index contributed by atoms with van der Waals surface area (Å²) in [5.41, 5.74) is 6.84. The van der Waals surface area contributed by atoms with Gasteiger partial charge in [-0.3, -0.25) is 4.90 Å². The Kier molecular flexibility index (Phi) is 4.06. The van der Waals surface area contributed by atoms with Gasteiger partial charge < -0.3 is 10.6 Å². The van der Waals surface area contributed by atoms with Gasteiger partial charge in [-0.2, -0.15) is 0 Å². The SMILES string of the molecule is CC1CN(c2cccc(F)c2C(N)=S)CC(C)N1C. The number of nitrogens with two attached hydrogens (primary N) is 1. The number of likely N-dealkylation sites (N-methyl/N-ethyl adjacent to an activating group) is 1. The molecule has 2 N–H and O–H groups in total. The second-order valence-electron chi connectivity index (χ2n) is 5.27. The lowest BCUT2D eigenvalue weighted by atomic mass is 10.1. The Labute approximate surface area is 119 Å². The summed E-state index contributed by atoms with van der Waals surface area (Å²) in [6.45, 7) is 6.03. The van der Waals surface area contributed by atoms with E-state index >= 15 is 0 Å². The fourth-order valence-electron chi connectivity index (χ4n) is 2.62. The van der Waals surface area contributed by atoms with Crippen molar-refractivity contribution in [2.24, 2.45) is 5.73 Å². The van der Waals surface area contributed by atoms with Gasteiger partial charge in [-0.25, -0.2) is 4.39 Å². The van der Waals surface area contributed by atoms with Gasteiger partial charge in [-0.15, -0.1) is 0 Å². The first kappa shape index (κ1) is 14.2. The molecule has 2 unspecified atom stereocenters. The van der Waals surface area contributed by atoms with Crippen LogP contribution in [0.1, 0.15) is 19.4 Å². The third-order valence-electron chi connectivity index (χ3n) is 3.94. The average molecular weight is 281 g/mol. The van der Waals surface area contributed by atoms with Crippen LogP contribution in [0.4, 0.5) is 10.1 Å². The van der Waals surface area contributed by atoms with Crippen LogP contribution in [0.2, 0.25) is 0 Å². The van der Waals surface area contributed by atoms with Gasteiger partial charge in [0.25, 0.3) is 0 Å². The minimum Gasteiger partial charge on any atom is -0.389 e. The maximum absolute atomic E-state index is 13.9. The van der Waals surface area contributed by atoms with Crippen molar-refractivity contribution >= 4 is 22.9 Å². The number of hydrogen-bond acceptors (Lipinski definition) is 3. The normalized spacial score (nSPS) is 24.5. The molecule has 1 aliphatic rings. The zero-order chi connectivity index (χ0) is 14.2.